The minimum atomic E-state index is -0.905. The standard InChI is InChI=1S/C29H38ClN3O4/c1-17(2)23(32-28(36)37-29(5,6)7)27(35)33(21-15-16-21)25(20-13-11-18(3)12-14-20)26(34)31-24-19(4)9-8-10-22(24)30/h8-14,17,21,23,25H,15-16H2,1-7H3,(H,31,34)(H,32,36). The third kappa shape index (κ3) is 7.48. The smallest absolute Gasteiger partial charge is 0.408 e. The van der Waals surface area contributed by atoms with Crippen LogP contribution in [0.5, 0.6) is 0 Å². The van der Waals surface area contributed by atoms with Crippen molar-refractivity contribution in [3.8, 4) is 0 Å². The molecule has 0 aliphatic heterocycles. The maximum atomic E-state index is 14.1. The van der Waals surface area contributed by atoms with Gasteiger partial charge in [-0.25, -0.2) is 4.79 Å². The molecule has 1 saturated carbocycles. The third-order valence-corrected chi connectivity index (χ3v) is 6.50. The number of carbonyl (C=O) groups is 3. The number of aryl methyl sites for hydroxylation is 2. The van der Waals surface area contributed by atoms with E-state index in [1.165, 1.54) is 0 Å². The predicted molar refractivity (Wildman–Crippen MR) is 147 cm³/mol. The Kier molecular flexibility index (Phi) is 8.90. The van der Waals surface area contributed by atoms with Crippen molar-refractivity contribution in [2.75, 3.05) is 5.32 Å². The van der Waals surface area contributed by atoms with Gasteiger partial charge in [0.1, 0.15) is 17.7 Å². The van der Waals surface area contributed by atoms with Crippen LogP contribution in [0.1, 0.15) is 70.2 Å². The summed E-state index contributed by atoms with van der Waals surface area (Å²) in [6.07, 6.45) is 0.895. The van der Waals surface area contributed by atoms with Crippen LogP contribution in [-0.2, 0) is 14.3 Å². The SMILES string of the molecule is Cc1ccc(C(C(=O)Nc2c(C)cccc2Cl)N(C(=O)C(NC(=O)OC(C)(C)C)C(C)C)C2CC2)cc1. The molecule has 200 valence electrons. The van der Waals surface area contributed by atoms with Crippen LogP contribution in [0.15, 0.2) is 42.5 Å². The Morgan fingerprint density at radius 1 is 1.03 bits per heavy atom. The molecule has 1 aliphatic rings. The summed E-state index contributed by atoms with van der Waals surface area (Å²) in [5, 5.41) is 6.15. The quantitative estimate of drug-likeness (QED) is 0.429. The van der Waals surface area contributed by atoms with Crippen LogP contribution in [0, 0.1) is 19.8 Å². The third-order valence-electron chi connectivity index (χ3n) is 6.19. The number of para-hydroxylation sites is 1. The molecule has 7 nitrogen and oxygen atoms in total. The molecule has 3 rings (SSSR count). The van der Waals surface area contributed by atoms with Gasteiger partial charge in [-0.2, -0.15) is 0 Å². The topological polar surface area (TPSA) is 87.7 Å². The molecule has 1 fully saturated rings. The molecule has 2 aromatic rings. The Labute approximate surface area is 224 Å². The average Bonchev–Trinajstić information content (AvgIpc) is 3.62. The van der Waals surface area contributed by atoms with Gasteiger partial charge >= 0.3 is 6.09 Å². The molecule has 0 aromatic heterocycles. The molecule has 0 spiro atoms. The van der Waals surface area contributed by atoms with Crippen LogP contribution in [0.25, 0.3) is 0 Å². The van der Waals surface area contributed by atoms with Crippen LogP contribution in [0.3, 0.4) is 0 Å². The first-order valence-electron chi connectivity index (χ1n) is 12.7. The van der Waals surface area contributed by atoms with Gasteiger partial charge in [-0.1, -0.05) is 67.4 Å². The molecule has 3 amide bonds. The van der Waals surface area contributed by atoms with E-state index in [9.17, 15) is 14.4 Å². The molecule has 2 aromatic carbocycles. The van der Waals surface area contributed by atoms with Gasteiger partial charge < -0.3 is 20.3 Å². The van der Waals surface area contributed by atoms with Gasteiger partial charge in [0.2, 0.25) is 5.91 Å². The summed E-state index contributed by atoms with van der Waals surface area (Å²) >= 11 is 6.41. The van der Waals surface area contributed by atoms with Gasteiger partial charge in [0, 0.05) is 6.04 Å². The molecular weight excluding hydrogens is 490 g/mol. The molecule has 1 aliphatic carbocycles. The van der Waals surface area contributed by atoms with Gasteiger partial charge in [-0.15, -0.1) is 0 Å². The maximum Gasteiger partial charge on any atom is 0.408 e. The summed E-state index contributed by atoms with van der Waals surface area (Å²) in [7, 11) is 0. The summed E-state index contributed by atoms with van der Waals surface area (Å²) in [5.74, 6) is -0.908. The van der Waals surface area contributed by atoms with Crippen LogP contribution < -0.4 is 10.6 Å². The van der Waals surface area contributed by atoms with E-state index in [1.807, 2.05) is 64.1 Å². The predicted octanol–water partition coefficient (Wildman–Crippen LogP) is 6.18. The first kappa shape index (κ1) is 28.5. The van der Waals surface area contributed by atoms with E-state index in [0.717, 1.165) is 24.0 Å². The highest BCUT2D eigenvalue weighted by molar-refractivity contribution is 6.34. The summed E-state index contributed by atoms with van der Waals surface area (Å²) in [5.41, 5.74) is 2.36. The van der Waals surface area contributed by atoms with Crippen molar-refractivity contribution in [1.29, 1.82) is 0 Å². The minimum absolute atomic E-state index is 0.112. The van der Waals surface area contributed by atoms with E-state index < -0.39 is 23.8 Å². The second-order valence-corrected chi connectivity index (χ2v) is 11.5. The fourth-order valence-corrected chi connectivity index (χ4v) is 4.42. The lowest BCUT2D eigenvalue weighted by Crippen LogP contribution is -2.55. The van der Waals surface area contributed by atoms with E-state index in [0.29, 0.717) is 16.3 Å². The summed E-state index contributed by atoms with van der Waals surface area (Å²) in [4.78, 5) is 42.2. The zero-order valence-electron chi connectivity index (χ0n) is 22.7. The number of hydrogen-bond acceptors (Lipinski definition) is 4. The Morgan fingerprint density at radius 3 is 2.16 bits per heavy atom. The molecule has 0 saturated heterocycles. The number of carbonyl (C=O) groups excluding carboxylic acids is 3. The van der Waals surface area contributed by atoms with Crippen LogP contribution >= 0.6 is 11.6 Å². The maximum absolute atomic E-state index is 14.1. The van der Waals surface area contributed by atoms with Crippen LogP contribution in [0.4, 0.5) is 10.5 Å². The van der Waals surface area contributed by atoms with E-state index in [-0.39, 0.29) is 23.8 Å². The van der Waals surface area contributed by atoms with Crippen molar-refractivity contribution in [3.05, 3.63) is 64.2 Å². The lowest BCUT2D eigenvalue weighted by atomic mass is 9.98. The molecule has 37 heavy (non-hydrogen) atoms. The van der Waals surface area contributed by atoms with E-state index >= 15 is 0 Å². The van der Waals surface area contributed by atoms with E-state index in [2.05, 4.69) is 10.6 Å². The van der Waals surface area contributed by atoms with Crippen molar-refractivity contribution in [3.63, 3.8) is 0 Å². The molecule has 2 unspecified atom stereocenters. The number of ether oxygens (including phenoxy) is 1. The van der Waals surface area contributed by atoms with Crippen LogP contribution in [0.2, 0.25) is 5.02 Å². The van der Waals surface area contributed by atoms with E-state index in [1.54, 1.807) is 31.7 Å². The molecule has 2 N–H and O–H groups in total. The number of nitrogens with one attached hydrogen (secondary N) is 2. The average molecular weight is 528 g/mol. The number of amides is 3. The number of halogens is 1. The number of benzene rings is 2. The van der Waals surface area contributed by atoms with Crippen molar-refractivity contribution in [2.24, 2.45) is 5.92 Å². The summed E-state index contributed by atoms with van der Waals surface area (Å²) < 4.78 is 5.42. The van der Waals surface area contributed by atoms with Crippen molar-refractivity contribution < 1.29 is 19.1 Å². The number of hydrogen-bond donors (Lipinski definition) is 2. The lowest BCUT2D eigenvalue weighted by molar-refractivity contribution is -0.142. The fourth-order valence-electron chi connectivity index (χ4n) is 4.15. The van der Waals surface area contributed by atoms with Crippen molar-refractivity contribution >= 4 is 35.2 Å². The van der Waals surface area contributed by atoms with Gasteiger partial charge in [0.15, 0.2) is 0 Å². The molecule has 0 radical (unpaired) electrons. The van der Waals surface area contributed by atoms with Gasteiger partial charge in [0.05, 0.1) is 10.7 Å². The molecule has 0 bridgehead atoms. The zero-order valence-corrected chi connectivity index (χ0v) is 23.5. The zero-order chi connectivity index (χ0) is 27.5. The van der Waals surface area contributed by atoms with Gasteiger partial charge in [0.25, 0.3) is 5.91 Å². The second kappa shape index (κ2) is 11.5. The number of rotatable bonds is 8. The minimum Gasteiger partial charge on any atom is -0.444 e. The Balaban J connectivity index is 2.00. The molecule has 8 heteroatoms. The van der Waals surface area contributed by atoms with Gasteiger partial charge in [-0.05, 0) is 70.6 Å². The Bertz CT molecular complexity index is 1120. The first-order valence-corrected chi connectivity index (χ1v) is 13.1. The number of anilines is 1. The number of nitrogens with zero attached hydrogens (tertiary/aromatic N) is 1. The molecule has 2 atom stereocenters. The van der Waals surface area contributed by atoms with Crippen LogP contribution in [-0.4, -0.2) is 40.5 Å². The first-order chi connectivity index (χ1) is 17.3. The Hall–Kier alpha value is -3.06. The fraction of sp³-hybridized carbons (Fsp3) is 0.483. The largest absolute Gasteiger partial charge is 0.444 e. The van der Waals surface area contributed by atoms with E-state index in [4.69, 9.17) is 16.3 Å². The van der Waals surface area contributed by atoms with Gasteiger partial charge in [-0.3, -0.25) is 9.59 Å². The Morgan fingerprint density at radius 2 is 1.65 bits per heavy atom. The molecule has 0 heterocycles. The molecular formula is C29H38ClN3O4. The summed E-state index contributed by atoms with van der Waals surface area (Å²) in [6, 6.07) is 11.1. The highest BCUT2D eigenvalue weighted by Gasteiger charge is 2.44. The highest BCUT2D eigenvalue weighted by Crippen LogP contribution is 2.37. The van der Waals surface area contributed by atoms with Crippen molar-refractivity contribution in [2.45, 2.75) is 85.0 Å². The normalized spacial score (nSPS) is 15.1. The lowest BCUT2D eigenvalue weighted by Gasteiger charge is -2.36. The highest BCUT2D eigenvalue weighted by atomic mass is 35.5. The monoisotopic (exact) mass is 527 g/mol. The number of alkyl carbamates (subject to hydrolysis) is 1. The summed E-state index contributed by atoms with van der Waals surface area (Å²) in [6.45, 7) is 12.9. The second-order valence-electron chi connectivity index (χ2n) is 11.1. The van der Waals surface area contributed by atoms with Crippen molar-refractivity contribution in [1.82, 2.24) is 10.2 Å².